The molecule has 0 aromatic carbocycles. The first-order chi connectivity index (χ1) is 58.3. The van der Waals surface area contributed by atoms with E-state index in [4.69, 9.17) is 0 Å². The van der Waals surface area contributed by atoms with Crippen molar-refractivity contribution in [3.63, 3.8) is 0 Å². The third kappa shape index (κ3) is 64.5. The number of aliphatic hydroxyl groups is 5. The maximum atomic E-state index is 13.3. The molecule has 0 aromatic rings. The van der Waals surface area contributed by atoms with Gasteiger partial charge < -0.3 is 91.7 Å². The minimum atomic E-state index is -4.89. The van der Waals surface area contributed by atoms with Crippen LogP contribution in [-0.4, -0.2) is 649 Å². The van der Waals surface area contributed by atoms with Gasteiger partial charge in [-0.3, -0.25) is 150 Å². The van der Waals surface area contributed by atoms with Crippen molar-refractivity contribution >= 4 is 87.7 Å². The van der Waals surface area contributed by atoms with Crippen LogP contribution in [0.3, 0.4) is 0 Å². The zero-order valence-electron chi connectivity index (χ0n) is 71.7. The van der Waals surface area contributed by atoms with E-state index in [1.165, 1.54) is 0 Å². The molecule has 128 heavy (non-hydrogen) atoms. The molecule has 1 amide bonds. The van der Waals surface area contributed by atoms with Crippen LogP contribution < -0.4 is 0 Å². The zero-order chi connectivity index (χ0) is 92.6. The summed E-state index contributed by atoms with van der Waals surface area (Å²) >= 11 is 0. The van der Waals surface area contributed by atoms with Crippen LogP contribution in [0.4, 0.5) is 0 Å². The summed E-state index contributed by atoms with van der Waals surface area (Å²) in [6.45, 7) is 0.906. The van der Waals surface area contributed by atoms with Gasteiger partial charge in [-0.2, -0.15) is 8.42 Å². The maximum Gasteiger partial charge on any atom is 3.00 e. The molecular weight excluding hydrogens is 2310 g/mol. The smallest absolute Gasteiger partial charge is 0.480 e. The van der Waals surface area contributed by atoms with Gasteiger partial charge in [0.1, 0.15) is 0 Å². The Bertz CT molecular complexity index is 3120. The molecule has 0 spiro atoms. The number of hydrogen-bond acceptors (Lipinski definition) is 37. The van der Waals surface area contributed by atoms with Crippen molar-refractivity contribution in [2.24, 2.45) is 0 Å². The van der Waals surface area contributed by atoms with Gasteiger partial charge in [-0.25, -0.2) is 0 Å². The van der Waals surface area contributed by atoms with Crippen LogP contribution in [0.1, 0.15) is 0 Å². The molecule has 0 aliphatic carbocycles. The van der Waals surface area contributed by atoms with Crippen LogP contribution in [0.25, 0.3) is 0 Å². The maximum absolute atomic E-state index is 13.3. The largest absolute Gasteiger partial charge is 3.00 e. The molecule has 734 valence electrons. The number of β-amino-alcohol motifs (C(OH)–C–C–N with tert-alkyl or cyclic N) is 4. The fourth-order valence-corrected chi connectivity index (χ4v) is 15.2. The van der Waals surface area contributed by atoms with E-state index in [0.717, 1.165) is 4.90 Å². The van der Waals surface area contributed by atoms with E-state index >= 15 is 0 Å². The molecule has 4 saturated heterocycles. The van der Waals surface area contributed by atoms with E-state index in [2.05, 4.69) is 0 Å². The summed E-state index contributed by atoms with van der Waals surface area (Å²) in [6.07, 6.45) is -4.90. The first-order valence-corrected chi connectivity index (χ1v) is 42.4. The van der Waals surface area contributed by atoms with Gasteiger partial charge in [-0.15, -0.1) is 0 Å². The Morgan fingerprint density at radius 2 is 0.359 bits per heavy atom. The number of rotatable bonds is 44. The van der Waals surface area contributed by atoms with Crippen molar-refractivity contribution in [2.45, 2.75) is 24.4 Å². The van der Waals surface area contributed by atoms with Gasteiger partial charge in [0.25, 0.3) is 10.1 Å². The summed E-state index contributed by atoms with van der Waals surface area (Å²) in [5, 5.41) is 169. The number of amides is 1. The number of aliphatic carboxylic acids is 12. The van der Waals surface area contributed by atoms with Gasteiger partial charge in [0, 0.05) is 268 Å². The third-order valence-electron chi connectivity index (χ3n) is 20.8. The summed E-state index contributed by atoms with van der Waals surface area (Å²) in [5.74, 6) is -15.7. The average Bonchev–Trinajstić information content (AvgIpc) is 0.887. The molecule has 4 heterocycles. The van der Waals surface area contributed by atoms with Crippen LogP contribution in [0.5, 0.6) is 0 Å². The number of carbonyl (C=O) groups excluding carboxylic acids is 1. The van der Waals surface area contributed by atoms with E-state index in [0.29, 0.717) is 26.2 Å². The van der Waals surface area contributed by atoms with Crippen LogP contribution in [0, 0.1) is 160 Å². The minimum absolute atomic E-state index is 0. The van der Waals surface area contributed by atoms with E-state index in [-0.39, 0.29) is 448 Å². The second kappa shape index (κ2) is 71.0. The molecule has 4 rings (SSSR count). The molecule has 51 nitrogen and oxygen atoms in total. The number of carboxylic acid groups (broad SMARTS) is 12. The predicted octanol–water partition coefficient (Wildman–Crippen LogP) is -12.7. The molecule has 0 bridgehead atoms. The van der Waals surface area contributed by atoms with E-state index in [9.17, 15) is 162 Å². The topological polar surface area (TPSA) is 679 Å². The van der Waals surface area contributed by atoms with Gasteiger partial charge in [0.15, 0.2) is 5.75 Å². The molecule has 4 atom stereocenters. The second-order valence-electron chi connectivity index (χ2n) is 31.4. The summed E-state index contributed by atoms with van der Waals surface area (Å²) in [5.41, 5.74) is 0. The van der Waals surface area contributed by atoms with Crippen molar-refractivity contribution in [3.8, 4) is 0 Å². The van der Waals surface area contributed by atoms with Crippen molar-refractivity contribution in [2.75, 3.05) is 359 Å². The molecular formula is C72H132Gd4N18O33S+12. The van der Waals surface area contributed by atoms with Crippen LogP contribution >= 0.6 is 0 Å². The minimum Gasteiger partial charge on any atom is -0.480 e. The Kier molecular flexibility index (Phi) is 70.7. The molecule has 56 heteroatoms. The Morgan fingerprint density at radius 1 is 0.234 bits per heavy atom. The Balaban J connectivity index is 0. The van der Waals surface area contributed by atoms with Crippen molar-refractivity contribution < 1.29 is 322 Å². The molecule has 0 aromatic heterocycles. The molecule has 4 aliphatic rings. The monoisotopic (exact) mass is 2440 g/mol. The molecule has 0 saturated carbocycles. The van der Waals surface area contributed by atoms with E-state index in [1.54, 1.807) is 73.5 Å². The first-order valence-electron chi connectivity index (χ1n) is 40.8. The van der Waals surface area contributed by atoms with E-state index in [1.807, 2.05) is 9.80 Å². The summed E-state index contributed by atoms with van der Waals surface area (Å²) < 4.78 is 33.1. The molecule has 4 unspecified atom stereocenters. The van der Waals surface area contributed by atoms with Gasteiger partial charge in [0.2, 0.25) is 5.91 Å². The Hall–Kier alpha value is -2.56. The van der Waals surface area contributed by atoms with E-state index < -0.39 is 157 Å². The third-order valence-corrected chi connectivity index (χ3v) is 21.4. The normalized spacial score (nSPS) is 19.7. The predicted molar refractivity (Wildman–Crippen MR) is 435 cm³/mol. The SMILES string of the molecule is O=C(O)CN1CCN(CC(=O)O)CCN(CC(O)CN(CC(O)CN2CCN(CC(=O)O)CCN(CC(=O)O)CCN(CC(=O)O)CC2)C(=O)CS(=O)(=O)O)CCN(CC(=O)O)CC1.O=C(O)CN1CCN(CC(=O)O)CCN(CC(O)CN(CCO)CC(O)CN2CCN(CC(=O)O)CCN(CC(=O)O)CCN(CC(=O)O)CC2)CCN(CC(=O)O)CC1.[Gd+3].[Gd+3].[Gd+3].[Gd+3]. The standard InChI is InChI=1S/C36H65N9O18S.C36H67N9O15.4Gd/c46-28(17-37-1-5-39(21-31(49)50)9-13-43(25-35(57)58)14-10-40(6-2-37)22-32(51)52)19-45(30(48)27-64(61,62)63)20-29(47)18-38-3-7-41(23-33(53)54)11-15-44(26-36(59)60)16-12-42(8-4-38)24-34(55)56;46-18-17-45(21-29(47)19-37-1-5-39(23-31(49)50)9-13-43(27-35(57)58)14-10-40(6-2-37)24-32(51)52)22-30(48)20-38-3-7-41(25-33(53)54)11-15-44(28-36(59)60)16-12-42(8-4-38)26-34(55)56;;;;/h28-29,46-47H,1-27H2,(H,49,50)(H,51,52)(H,53,54)(H,55,56)(H,57,58)(H,59,60)(H,61,62,63);29-30,46-48H,1-28H2,(H,49,50)(H,51,52)(H,53,54)(H,55,56)(H,57,58)(H,59,60);;;;/q;;4*+3. The van der Waals surface area contributed by atoms with Gasteiger partial charge >= 0.3 is 231 Å². The second-order valence-corrected chi connectivity index (χ2v) is 32.8. The van der Waals surface area contributed by atoms with Gasteiger partial charge in [-0.05, 0) is 0 Å². The number of carboxylic acids is 12. The number of aliphatic hydroxyl groups excluding tert-OH is 5. The molecule has 4 radical (unpaired) electrons. The molecule has 18 N–H and O–H groups in total. The average molecular weight is 2440 g/mol. The number of hydrogen-bond donors (Lipinski definition) is 18. The Morgan fingerprint density at radius 3 is 0.477 bits per heavy atom. The van der Waals surface area contributed by atoms with Gasteiger partial charge in [-0.1, -0.05) is 0 Å². The van der Waals surface area contributed by atoms with Gasteiger partial charge in [0.05, 0.1) is 110 Å². The van der Waals surface area contributed by atoms with Crippen LogP contribution in [-0.2, 0) is 72.4 Å². The number of nitrogens with zero attached hydrogens (tertiary/aromatic N) is 18. The summed E-state index contributed by atoms with van der Waals surface area (Å²) in [6, 6.07) is 0. The molecule has 4 fully saturated rings. The zero-order valence-corrected chi connectivity index (χ0v) is 81.6. The van der Waals surface area contributed by atoms with Crippen LogP contribution in [0.15, 0.2) is 0 Å². The quantitative estimate of drug-likeness (QED) is 0.0252. The Labute approximate surface area is 871 Å². The fraction of sp³-hybridized carbons (Fsp3) is 0.819. The summed E-state index contributed by atoms with van der Waals surface area (Å²) in [4.78, 5) is 182. The number of carbonyl (C=O) groups is 13. The molecule has 4 aliphatic heterocycles. The van der Waals surface area contributed by atoms with Crippen molar-refractivity contribution in [1.29, 1.82) is 0 Å². The van der Waals surface area contributed by atoms with Crippen LogP contribution in [0.2, 0.25) is 0 Å². The van der Waals surface area contributed by atoms with Crippen molar-refractivity contribution in [3.05, 3.63) is 0 Å². The fourth-order valence-electron chi connectivity index (χ4n) is 14.7. The first kappa shape index (κ1) is 127. The summed E-state index contributed by atoms with van der Waals surface area (Å²) in [7, 11) is -4.89. The van der Waals surface area contributed by atoms with Crippen molar-refractivity contribution in [1.82, 2.24) is 88.2 Å².